The summed E-state index contributed by atoms with van der Waals surface area (Å²) in [5.41, 5.74) is 5.12. The van der Waals surface area contributed by atoms with E-state index < -0.39 is 0 Å². The Hall–Kier alpha value is -3.08. The molecule has 0 atom stereocenters. The van der Waals surface area contributed by atoms with Gasteiger partial charge in [0.05, 0.1) is 0 Å². The van der Waals surface area contributed by atoms with E-state index in [9.17, 15) is 9.18 Å². The van der Waals surface area contributed by atoms with Crippen LogP contribution in [0.1, 0.15) is 21.7 Å². The molecule has 1 aliphatic rings. The van der Waals surface area contributed by atoms with Gasteiger partial charge in [-0.2, -0.15) is 0 Å². The summed E-state index contributed by atoms with van der Waals surface area (Å²) in [7, 11) is 0. The van der Waals surface area contributed by atoms with Gasteiger partial charge in [-0.05, 0) is 74.5 Å². The lowest BCUT2D eigenvalue weighted by molar-refractivity contribution is 0.0747. The van der Waals surface area contributed by atoms with Crippen LogP contribution in [0.4, 0.5) is 10.1 Å². The van der Waals surface area contributed by atoms with Crippen molar-refractivity contribution in [2.75, 3.05) is 31.1 Å². The van der Waals surface area contributed by atoms with Crippen molar-refractivity contribution in [1.82, 2.24) is 9.47 Å². The molecular weight excluding hydrogens is 353 g/mol. The minimum absolute atomic E-state index is 0.0613. The molecule has 5 heteroatoms. The van der Waals surface area contributed by atoms with Gasteiger partial charge in [-0.25, -0.2) is 4.39 Å². The Morgan fingerprint density at radius 1 is 0.750 bits per heavy atom. The van der Waals surface area contributed by atoms with Crippen LogP contribution < -0.4 is 4.90 Å². The molecule has 0 spiro atoms. The molecule has 2 aromatic carbocycles. The van der Waals surface area contributed by atoms with E-state index in [2.05, 4.69) is 35.4 Å². The quantitative estimate of drug-likeness (QED) is 0.685. The van der Waals surface area contributed by atoms with Gasteiger partial charge in [0.2, 0.25) is 0 Å². The summed E-state index contributed by atoms with van der Waals surface area (Å²) in [4.78, 5) is 16.9. The van der Waals surface area contributed by atoms with Crippen LogP contribution in [0.5, 0.6) is 0 Å². The third-order valence-corrected chi connectivity index (χ3v) is 5.40. The lowest BCUT2D eigenvalue weighted by atomic mass is 10.1. The molecule has 1 saturated heterocycles. The van der Waals surface area contributed by atoms with Crippen molar-refractivity contribution in [3.05, 3.63) is 83.4 Å². The Bertz CT molecular complexity index is 949. The first kappa shape index (κ1) is 18.3. The highest BCUT2D eigenvalue weighted by Gasteiger charge is 2.22. The molecule has 0 bridgehead atoms. The molecule has 144 valence electrons. The van der Waals surface area contributed by atoms with E-state index in [1.165, 1.54) is 23.5 Å². The average molecular weight is 377 g/mol. The second-order valence-electron chi connectivity index (χ2n) is 7.25. The average Bonchev–Trinajstić information content (AvgIpc) is 3.06. The van der Waals surface area contributed by atoms with E-state index >= 15 is 0 Å². The summed E-state index contributed by atoms with van der Waals surface area (Å²) < 4.78 is 15.3. The summed E-state index contributed by atoms with van der Waals surface area (Å²) in [6.07, 6.45) is 0. The number of aryl methyl sites for hydroxylation is 2. The van der Waals surface area contributed by atoms with Crippen LogP contribution in [0.25, 0.3) is 5.69 Å². The molecule has 0 unspecified atom stereocenters. The number of amides is 1. The van der Waals surface area contributed by atoms with Crippen LogP contribution in [0.2, 0.25) is 0 Å². The maximum atomic E-state index is 13.1. The molecule has 1 amide bonds. The third kappa shape index (κ3) is 3.52. The van der Waals surface area contributed by atoms with Gasteiger partial charge in [0, 0.05) is 54.5 Å². The number of piperazine rings is 1. The summed E-state index contributed by atoms with van der Waals surface area (Å²) in [6, 6.07) is 18.5. The summed E-state index contributed by atoms with van der Waals surface area (Å²) in [6.45, 7) is 6.97. The molecule has 0 saturated carbocycles. The number of hydrogen-bond acceptors (Lipinski definition) is 2. The normalized spacial score (nSPS) is 14.4. The molecule has 1 fully saturated rings. The highest BCUT2D eigenvalue weighted by Crippen LogP contribution is 2.20. The molecular formula is C23H24FN3O. The lowest BCUT2D eigenvalue weighted by Crippen LogP contribution is -2.48. The number of hydrogen-bond donors (Lipinski definition) is 0. The highest BCUT2D eigenvalue weighted by atomic mass is 19.1. The Morgan fingerprint density at radius 3 is 1.86 bits per heavy atom. The number of benzene rings is 2. The number of aromatic nitrogens is 1. The molecule has 1 aliphatic heterocycles. The van der Waals surface area contributed by atoms with Crippen molar-refractivity contribution < 1.29 is 9.18 Å². The van der Waals surface area contributed by atoms with Gasteiger partial charge < -0.3 is 14.4 Å². The van der Waals surface area contributed by atoms with Gasteiger partial charge in [0.25, 0.3) is 5.91 Å². The van der Waals surface area contributed by atoms with Gasteiger partial charge in [-0.1, -0.05) is 0 Å². The molecule has 0 aliphatic carbocycles. The number of carbonyl (C=O) groups excluding carboxylic acids is 1. The first-order chi connectivity index (χ1) is 13.5. The molecule has 0 radical (unpaired) electrons. The fraction of sp³-hybridized carbons (Fsp3) is 0.261. The first-order valence-corrected chi connectivity index (χ1v) is 9.58. The van der Waals surface area contributed by atoms with Gasteiger partial charge >= 0.3 is 0 Å². The largest absolute Gasteiger partial charge is 0.368 e. The van der Waals surface area contributed by atoms with Crippen LogP contribution in [0.15, 0.2) is 60.7 Å². The van der Waals surface area contributed by atoms with E-state index in [1.54, 1.807) is 12.1 Å². The number of carbonyl (C=O) groups is 1. The van der Waals surface area contributed by atoms with E-state index in [1.807, 2.05) is 29.2 Å². The predicted octanol–water partition coefficient (Wildman–Crippen LogP) is 4.20. The monoisotopic (exact) mass is 377 g/mol. The second kappa shape index (κ2) is 7.50. The maximum absolute atomic E-state index is 13.1. The van der Waals surface area contributed by atoms with E-state index in [4.69, 9.17) is 0 Å². The summed E-state index contributed by atoms with van der Waals surface area (Å²) >= 11 is 0. The third-order valence-electron chi connectivity index (χ3n) is 5.40. The second-order valence-corrected chi connectivity index (χ2v) is 7.25. The fourth-order valence-corrected chi connectivity index (χ4v) is 3.83. The van der Waals surface area contributed by atoms with Gasteiger partial charge in [0.1, 0.15) is 5.82 Å². The van der Waals surface area contributed by atoms with E-state index in [0.29, 0.717) is 18.7 Å². The van der Waals surface area contributed by atoms with E-state index in [-0.39, 0.29) is 11.7 Å². The Balaban J connectivity index is 1.42. The number of nitrogens with zero attached hydrogens (tertiary/aromatic N) is 3. The fourth-order valence-electron chi connectivity index (χ4n) is 3.83. The molecule has 1 aromatic heterocycles. The minimum atomic E-state index is -0.230. The standard InChI is InChI=1S/C23H24FN3O/c1-17-3-4-18(2)27(17)22-9-5-19(6-10-22)23(28)26-15-13-25(14-16-26)21-11-7-20(24)8-12-21/h3-12H,13-16H2,1-2H3. The SMILES string of the molecule is Cc1ccc(C)n1-c1ccc(C(=O)N2CCN(c3ccc(F)cc3)CC2)cc1. The number of rotatable bonds is 3. The van der Waals surface area contributed by atoms with Crippen LogP contribution in [-0.4, -0.2) is 41.6 Å². The Labute approximate surface area is 164 Å². The highest BCUT2D eigenvalue weighted by molar-refractivity contribution is 5.94. The molecule has 2 heterocycles. The lowest BCUT2D eigenvalue weighted by Gasteiger charge is -2.36. The minimum Gasteiger partial charge on any atom is -0.368 e. The van der Waals surface area contributed by atoms with Crippen LogP contribution in [0.3, 0.4) is 0 Å². The van der Waals surface area contributed by atoms with E-state index in [0.717, 1.165) is 24.5 Å². The van der Waals surface area contributed by atoms with Gasteiger partial charge in [-0.3, -0.25) is 4.79 Å². The Kier molecular flexibility index (Phi) is 4.90. The summed E-state index contributed by atoms with van der Waals surface area (Å²) in [5, 5.41) is 0. The zero-order valence-electron chi connectivity index (χ0n) is 16.2. The maximum Gasteiger partial charge on any atom is 0.253 e. The van der Waals surface area contributed by atoms with Crippen LogP contribution in [0, 0.1) is 19.7 Å². The topological polar surface area (TPSA) is 28.5 Å². The number of anilines is 1. The van der Waals surface area contributed by atoms with Crippen molar-refractivity contribution in [2.45, 2.75) is 13.8 Å². The van der Waals surface area contributed by atoms with Crippen molar-refractivity contribution in [3.8, 4) is 5.69 Å². The molecule has 4 nitrogen and oxygen atoms in total. The molecule has 3 aromatic rings. The molecule has 0 N–H and O–H groups in total. The van der Waals surface area contributed by atoms with Crippen molar-refractivity contribution in [1.29, 1.82) is 0 Å². The first-order valence-electron chi connectivity index (χ1n) is 9.58. The van der Waals surface area contributed by atoms with Gasteiger partial charge in [-0.15, -0.1) is 0 Å². The van der Waals surface area contributed by atoms with Crippen molar-refractivity contribution in [3.63, 3.8) is 0 Å². The predicted molar refractivity (Wildman–Crippen MR) is 110 cm³/mol. The molecule has 4 rings (SSSR count). The Morgan fingerprint density at radius 2 is 1.29 bits per heavy atom. The smallest absolute Gasteiger partial charge is 0.253 e. The van der Waals surface area contributed by atoms with Crippen molar-refractivity contribution >= 4 is 11.6 Å². The number of halogens is 1. The van der Waals surface area contributed by atoms with Crippen molar-refractivity contribution in [2.24, 2.45) is 0 Å². The van der Waals surface area contributed by atoms with Crippen LogP contribution in [-0.2, 0) is 0 Å². The van der Waals surface area contributed by atoms with Gasteiger partial charge in [0.15, 0.2) is 0 Å². The van der Waals surface area contributed by atoms with Crippen LogP contribution >= 0.6 is 0 Å². The zero-order chi connectivity index (χ0) is 19.7. The summed E-state index contributed by atoms with van der Waals surface area (Å²) in [5.74, 6) is -0.169. The zero-order valence-corrected chi connectivity index (χ0v) is 16.2. The molecule has 28 heavy (non-hydrogen) atoms.